The molecular weight excluding hydrogens is 333 g/mol. The summed E-state index contributed by atoms with van der Waals surface area (Å²) in [7, 11) is 0. The highest BCUT2D eigenvalue weighted by Crippen LogP contribution is 2.38. The van der Waals surface area contributed by atoms with Gasteiger partial charge in [-0.1, -0.05) is 0 Å². The molecule has 1 rings (SSSR count). The number of halogens is 6. The molecule has 0 saturated carbocycles. The number of nitrogens with zero attached hydrogens (tertiary/aromatic N) is 1. The first-order valence-corrected chi connectivity index (χ1v) is 4.88. The van der Waals surface area contributed by atoms with Gasteiger partial charge < -0.3 is 9.84 Å². The molecule has 0 saturated heterocycles. The Morgan fingerprint density at radius 1 is 1.44 bits per heavy atom. The zero-order chi connectivity index (χ0) is 14.1. The maximum absolute atomic E-state index is 12.4. The number of carboxylic acid groups (broad SMARTS) is 1. The van der Waals surface area contributed by atoms with Crippen molar-refractivity contribution in [1.82, 2.24) is 4.98 Å². The number of alkyl halides is 5. The van der Waals surface area contributed by atoms with Crippen molar-refractivity contribution in [3.63, 3.8) is 0 Å². The second-order valence-corrected chi connectivity index (χ2v) is 3.65. The summed E-state index contributed by atoms with van der Waals surface area (Å²) in [5, 5.41) is 8.60. The van der Waals surface area contributed by atoms with Crippen LogP contribution in [0.2, 0.25) is 0 Å². The molecule has 0 amide bonds. The lowest BCUT2D eigenvalue weighted by molar-refractivity contribution is -0.275. The van der Waals surface area contributed by atoms with Crippen molar-refractivity contribution in [1.29, 1.82) is 0 Å². The first kappa shape index (κ1) is 14.6. The smallest absolute Gasteiger partial charge is 0.476 e. The van der Waals surface area contributed by atoms with E-state index in [4.69, 9.17) is 5.11 Å². The van der Waals surface area contributed by atoms with Gasteiger partial charge in [0.2, 0.25) is 0 Å². The Morgan fingerprint density at radius 2 is 2.00 bits per heavy atom. The Hall–Kier alpha value is -1.45. The van der Waals surface area contributed by atoms with Crippen molar-refractivity contribution in [2.75, 3.05) is 0 Å². The molecule has 4 nitrogen and oxygen atoms in total. The van der Waals surface area contributed by atoms with Crippen LogP contribution in [0.4, 0.5) is 22.0 Å². The van der Waals surface area contributed by atoms with Gasteiger partial charge in [-0.2, -0.15) is 0 Å². The monoisotopic (exact) mass is 335 g/mol. The van der Waals surface area contributed by atoms with E-state index in [2.05, 4.69) is 25.7 Å². The van der Waals surface area contributed by atoms with E-state index in [0.717, 1.165) is 0 Å². The van der Waals surface area contributed by atoms with Crippen LogP contribution in [0.5, 0.6) is 5.75 Å². The summed E-state index contributed by atoms with van der Waals surface area (Å²) in [4.78, 5) is 13.6. The van der Waals surface area contributed by atoms with Crippen molar-refractivity contribution < 1.29 is 36.6 Å². The van der Waals surface area contributed by atoms with E-state index in [-0.39, 0.29) is 0 Å². The molecule has 18 heavy (non-hydrogen) atoms. The third-order valence-electron chi connectivity index (χ3n) is 1.66. The van der Waals surface area contributed by atoms with Gasteiger partial charge in [-0.15, -0.1) is 13.2 Å². The van der Waals surface area contributed by atoms with E-state index in [1.54, 1.807) is 0 Å². The normalized spacial score (nSPS) is 11.7. The third-order valence-corrected chi connectivity index (χ3v) is 2.47. The van der Waals surface area contributed by atoms with Gasteiger partial charge in [0.05, 0.1) is 10.0 Å². The van der Waals surface area contributed by atoms with E-state index in [1.165, 1.54) is 0 Å². The van der Waals surface area contributed by atoms with Gasteiger partial charge in [0.25, 0.3) is 6.43 Å². The lowest BCUT2D eigenvalue weighted by Crippen LogP contribution is -2.20. The average molecular weight is 336 g/mol. The van der Waals surface area contributed by atoms with Crippen molar-refractivity contribution in [3.05, 3.63) is 21.9 Å². The van der Waals surface area contributed by atoms with Gasteiger partial charge in [0.15, 0.2) is 11.4 Å². The topological polar surface area (TPSA) is 59.4 Å². The maximum Gasteiger partial charge on any atom is 0.573 e. The van der Waals surface area contributed by atoms with Crippen LogP contribution in [-0.2, 0) is 0 Å². The molecule has 0 spiro atoms. The molecule has 1 N–H and O–H groups in total. The van der Waals surface area contributed by atoms with Crippen molar-refractivity contribution in [2.24, 2.45) is 0 Å². The van der Waals surface area contributed by atoms with Crippen LogP contribution in [0.25, 0.3) is 0 Å². The molecule has 0 aliphatic rings. The summed E-state index contributed by atoms with van der Waals surface area (Å²) in [5.74, 6) is -3.15. The van der Waals surface area contributed by atoms with E-state index in [9.17, 15) is 26.7 Å². The Bertz CT molecular complexity index is 477. The number of hydrogen-bond donors (Lipinski definition) is 1. The summed E-state index contributed by atoms with van der Waals surface area (Å²) in [6, 6.07) is 0. The Balaban J connectivity index is 3.41. The van der Waals surface area contributed by atoms with Crippen LogP contribution in [0.15, 0.2) is 10.7 Å². The van der Waals surface area contributed by atoms with Gasteiger partial charge in [0.1, 0.15) is 0 Å². The number of hydrogen-bond acceptors (Lipinski definition) is 3. The third kappa shape index (κ3) is 3.28. The predicted molar refractivity (Wildman–Crippen MR) is 50.5 cm³/mol. The quantitative estimate of drug-likeness (QED) is 0.860. The fourth-order valence-electron chi connectivity index (χ4n) is 0.998. The number of aromatic nitrogens is 1. The van der Waals surface area contributed by atoms with Crippen LogP contribution in [0.1, 0.15) is 22.5 Å². The molecule has 0 fully saturated rings. The van der Waals surface area contributed by atoms with E-state index >= 15 is 0 Å². The van der Waals surface area contributed by atoms with Gasteiger partial charge >= 0.3 is 12.3 Å². The molecule has 0 atom stereocenters. The zero-order valence-corrected chi connectivity index (χ0v) is 9.72. The van der Waals surface area contributed by atoms with Crippen LogP contribution >= 0.6 is 15.9 Å². The minimum atomic E-state index is -5.23. The van der Waals surface area contributed by atoms with E-state index < -0.39 is 40.2 Å². The molecule has 1 heterocycles. The molecule has 0 aliphatic carbocycles. The Labute approximate surface area is 105 Å². The fraction of sp³-hybridized carbons (Fsp3) is 0.250. The second kappa shape index (κ2) is 5.04. The van der Waals surface area contributed by atoms with Gasteiger partial charge in [-0.3, -0.25) is 0 Å². The van der Waals surface area contributed by atoms with E-state index in [0.29, 0.717) is 6.20 Å². The maximum atomic E-state index is 12.4. The first-order valence-electron chi connectivity index (χ1n) is 4.09. The largest absolute Gasteiger partial charge is 0.573 e. The zero-order valence-electron chi connectivity index (χ0n) is 8.13. The van der Waals surface area contributed by atoms with Gasteiger partial charge in [-0.05, 0) is 15.9 Å². The molecular formula is C8H3BrF5NO3. The summed E-state index contributed by atoms with van der Waals surface area (Å²) in [6.45, 7) is 0. The van der Waals surface area contributed by atoms with Crippen LogP contribution in [-0.4, -0.2) is 22.4 Å². The molecule has 1 aromatic rings. The molecule has 0 aliphatic heterocycles. The highest BCUT2D eigenvalue weighted by molar-refractivity contribution is 9.10. The van der Waals surface area contributed by atoms with Gasteiger partial charge in [0, 0.05) is 6.20 Å². The van der Waals surface area contributed by atoms with Crippen molar-refractivity contribution in [3.8, 4) is 5.75 Å². The first-order chi connectivity index (χ1) is 8.13. The predicted octanol–water partition coefficient (Wildman–Crippen LogP) is 3.38. The molecule has 0 bridgehead atoms. The van der Waals surface area contributed by atoms with E-state index in [1.807, 2.05) is 0 Å². The lowest BCUT2D eigenvalue weighted by atomic mass is 10.2. The molecule has 0 radical (unpaired) electrons. The number of carboxylic acids is 1. The molecule has 10 heteroatoms. The minimum Gasteiger partial charge on any atom is -0.476 e. The average Bonchev–Trinajstić information content (AvgIpc) is 2.17. The molecule has 0 unspecified atom stereocenters. The van der Waals surface area contributed by atoms with Gasteiger partial charge in [-0.25, -0.2) is 18.6 Å². The minimum absolute atomic E-state index is 0.460. The van der Waals surface area contributed by atoms with Crippen LogP contribution in [0.3, 0.4) is 0 Å². The number of pyridine rings is 1. The number of ether oxygens (including phenoxy) is 1. The summed E-state index contributed by atoms with van der Waals surface area (Å²) in [6.07, 6.45) is -7.90. The van der Waals surface area contributed by atoms with Crippen LogP contribution in [0, 0.1) is 0 Å². The number of rotatable bonds is 3. The SMILES string of the molecule is O=C(O)c1ncc(C(F)F)c(Br)c1OC(F)(F)F. The van der Waals surface area contributed by atoms with Crippen molar-refractivity contribution >= 4 is 21.9 Å². The summed E-state index contributed by atoms with van der Waals surface area (Å²) < 4.78 is 63.6. The Morgan fingerprint density at radius 3 is 2.39 bits per heavy atom. The standard InChI is InChI=1S/C8H3BrF5NO3/c9-3-2(6(10)11)1-15-4(7(16)17)5(3)18-8(12,13)14/h1,6H,(H,16,17). The highest BCUT2D eigenvalue weighted by Gasteiger charge is 2.36. The Kier molecular flexibility index (Phi) is 4.09. The number of carbonyl (C=O) groups is 1. The molecule has 0 aromatic carbocycles. The molecule has 100 valence electrons. The summed E-state index contributed by atoms with van der Waals surface area (Å²) >= 11 is 2.45. The van der Waals surface area contributed by atoms with Crippen LogP contribution < -0.4 is 4.74 Å². The molecule has 1 aromatic heterocycles. The number of aromatic carboxylic acids is 1. The second-order valence-electron chi connectivity index (χ2n) is 2.86. The fourth-order valence-corrected chi connectivity index (χ4v) is 1.54. The highest BCUT2D eigenvalue weighted by atomic mass is 79.9. The van der Waals surface area contributed by atoms with Crippen molar-refractivity contribution in [2.45, 2.75) is 12.8 Å². The summed E-state index contributed by atoms with van der Waals surface area (Å²) in [5.41, 5.74) is -2.03. The lowest BCUT2D eigenvalue weighted by Gasteiger charge is -2.14.